The molecule has 3 rings (SSSR count). The van der Waals surface area contributed by atoms with E-state index in [9.17, 15) is 9.90 Å². The molecular weight excluding hydrogens is 358 g/mol. The van der Waals surface area contributed by atoms with Crippen molar-refractivity contribution in [2.45, 2.75) is 31.8 Å². The number of amides is 1. The first-order chi connectivity index (χ1) is 14.1. The lowest BCUT2D eigenvalue weighted by Gasteiger charge is -2.38. The van der Waals surface area contributed by atoms with Crippen molar-refractivity contribution >= 4 is 5.91 Å². The standard InChI is InChI=1S/C26H29NO2/c1-3-27(4-2)25(28)20-24(21-14-8-5-9-15-21)26(29,22-16-10-6-11-17-22)23-18-12-7-13-19-23/h5-19,24,29H,3-4,20H2,1-2H3. The van der Waals surface area contributed by atoms with E-state index in [4.69, 9.17) is 0 Å². The minimum atomic E-state index is -1.33. The summed E-state index contributed by atoms with van der Waals surface area (Å²) in [7, 11) is 0. The van der Waals surface area contributed by atoms with Gasteiger partial charge in [0, 0.05) is 25.4 Å². The highest BCUT2D eigenvalue weighted by atomic mass is 16.3. The molecule has 29 heavy (non-hydrogen) atoms. The molecule has 1 atom stereocenters. The Bertz CT molecular complexity index is 850. The third kappa shape index (κ3) is 4.41. The third-order valence-corrected chi connectivity index (χ3v) is 5.63. The molecule has 0 fully saturated rings. The lowest BCUT2D eigenvalue weighted by atomic mass is 9.71. The molecule has 0 spiro atoms. The number of carbonyl (C=O) groups excluding carboxylic acids is 1. The Morgan fingerprint density at radius 3 is 1.62 bits per heavy atom. The molecule has 0 saturated heterocycles. The van der Waals surface area contributed by atoms with Crippen LogP contribution in [0, 0.1) is 0 Å². The Balaban J connectivity index is 2.17. The molecule has 0 heterocycles. The molecule has 1 unspecified atom stereocenters. The van der Waals surface area contributed by atoms with E-state index in [0.717, 1.165) is 16.7 Å². The third-order valence-electron chi connectivity index (χ3n) is 5.63. The maximum absolute atomic E-state index is 13.1. The summed E-state index contributed by atoms with van der Waals surface area (Å²) >= 11 is 0. The molecule has 3 nitrogen and oxygen atoms in total. The lowest BCUT2D eigenvalue weighted by molar-refractivity contribution is -0.132. The summed E-state index contributed by atoms with van der Waals surface area (Å²) in [6.07, 6.45) is 0.228. The van der Waals surface area contributed by atoms with Gasteiger partial charge in [0.2, 0.25) is 5.91 Å². The molecule has 3 aromatic carbocycles. The average Bonchev–Trinajstić information content (AvgIpc) is 2.79. The van der Waals surface area contributed by atoms with Gasteiger partial charge in [-0.1, -0.05) is 91.0 Å². The van der Waals surface area contributed by atoms with Crippen LogP contribution in [0.15, 0.2) is 91.0 Å². The Morgan fingerprint density at radius 2 is 1.21 bits per heavy atom. The monoisotopic (exact) mass is 387 g/mol. The summed E-state index contributed by atoms with van der Waals surface area (Å²) in [4.78, 5) is 14.9. The van der Waals surface area contributed by atoms with E-state index in [1.807, 2.05) is 110 Å². The highest BCUT2D eigenvalue weighted by molar-refractivity contribution is 5.77. The van der Waals surface area contributed by atoms with Crippen LogP contribution < -0.4 is 0 Å². The SMILES string of the molecule is CCN(CC)C(=O)CC(c1ccccc1)C(O)(c1ccccc1)c1ccccc1. The van der Waals surface area contributed by atoms with Gasteiger partial charge in [0.05, 0.1) is 0 Å². The van der Waals surface area contributed by atoms with Gasteiger partial charge in [-0.3, -0.25) is 4.79 Å². The number of aliphatic hydroxyl groups is 1. The van der Waals surface area contributed by atoms with Crippen LogP contribution in [0.2, 0.25) is 0 Å². The largest absolute Gasteiger partial charge is 0.380 e. The molecule has 0 aliphatic carbocycles. The molecule has 0 radical (unpaired) electrons. The molecule has 1 N–H and O–H groups in total. The fourth-order valence-corrected chi connectivity index (χ4v) is 4.03. The predicted octanol–water partition coefficient (Wildman–Crippen LogP) is 4.96. The smallest absolute Gasteiger partial charge is 0.223 e. The van der Waals surface area contributed by atoms with Crippen molar-refractivity contribution < 1.29 is 9.90 Å². The maximum atomic E-state index is 13.1. The van der Waals surface area contributed by atoms with Crippen molar-refractivity contribution in [3.63, 3.8) is 0 Å². The summed E-state index contributed by atoms with van der Waals surface area (Å²) in [5.74, 6) is -0.365. The topological polar surface area (TPSA) is 40.5 Å². The fraction of sp³-hybridized carbons (Fsp3) is 0.269. The number of hydrogen-bond acceptors (Lipinski definition) is 2. The van der Waals surface area contributed by atoms with Gasteiger partial charge in [0.1, 0.15) is 5.60 Å². The highest BCUT2D eigenvalue weighted by Gasteiger charge is 2.42. The molecular formula is C26H29NO2. The zero-order valence-electron chi connectivity index (χ0n) is 17.2. The van der Waals surface area contributed by atoms with Crippen LogP contribution in [0.25, 0.3) is 0 Å². The van der Waals surface area contributed by atoms with Gasteiger partial charge in [-0.2, -0.15) is 0 Å². The molecule has 0 aliphatic heterocycles. The van der Waals surface area contributed by atoms with Crippen LogP contribution in [0.1, 0.15) is 42.9 Å². The first-order valence-electron chi connectivity index (χ1n) is 10.3. The summed E-state index contributed by atoms with van der Waals surface area (Å²) < 4.78 is 0. The van der Waals surface area contributed by atoms with Gasteiger partial charge >= 0.3 is 0 Å². The van der Waals surface area contributed by atoms with E-state index in [-0.39, 0.29) is 12.3 Å². The second-order valence-corrected chi connectivity index (χ2v) is 7.23. The summed E-state index contributed by atoms with van der Waals surface area (Å²) in [5, 5.41) is 12.3. The van der Waals surface area contributed by atoms with Crippen LogP contribution >= 0.6 is 0 Å². The Morgan fingerprint density at radius 1 is 0.793 bits per heavy atom. The number of carbonyl (C=O) groups is 1. The Hall–Kier alpha value is -2.91. The number of nitrogens with zero attached hydrogens (tertiary/aromatic N) is 1. The van der Waals surface area contributed by atoms with Gasteiger partial charge in [-0.15, -0.1) is 0 Å². The van der Waals surface area contributed by atoms with Crippen molar-refractivity contribution in [1.82, 2.24) is 4.90 Å². The van der Waals surface area contributed by atoms with Crippen LogP contribution in [0.3, 0.4) is 0 Å². The molecule has 150 valence electrons. The fourth-order valence-electron chi connectivity index (χ4n) is 4.03. The zero-order chi connectivity index (χ0) is 20.7. The van der Waals surface area contributed by atoms with Gasteiger partial charge < -0.3 is 10.0 Å². The normalized spacial score (nSPS) is 12.4. The molecule has 3 heteroatoms. The van der Waals surface area contributed by atoms with E-state index in [2.05, 4.69) is 0 Å². The Labute approximate surface area is 173 Å². The molecule has 3 aromatic rings. The van der Waals surface area contributed by atoms with E-state index in [0.29, 0.717) is 13.1 Å². The first kappa shape index (κ1) is 20.8. The molecule has 0 aromatic heterocycles. The van der Waals surface area contributed by atoms with Gasteiger partial charge in [0.25, 0.3) is 0 Å². The minimum absolute atomic E-state index is 0.0501. The minimum Gasteiger partial charge on any atom is -0.380 e. The van der Waals surface area contributed by atoms with Crippen LogP contribution in [0.5, 0.6) is 0 Å². The van der Waals surface area contributed by atoms with Crippen molar-refractivity contribution in [3.8, 4) is 0 Å². The van der Waals surface area contributed by atoms with Crippen molar-refractivity contribution in [3.05, 3.63) is 108 Å². The van der Waals surface area contributed by atoms with E-state index >= 15 is 0 Å². The van der Waals surface area contributed by atoms with Crippen LogP contribution in [-0.4, -0.2) is 29.0 Å². The van der Waals surface area contributed by atoms with E-state index < -0.39 is 11.5 Å². The van der Waals surface area contributed by atoms with Gasteiger partial charge in [0.15, 0.2) is 0 Å². The average molecular weight is 388 g/mol. The zero-order valence-corrected chi connectivity index (χ0v) is 17.2. The summed E-state index contributed by atoms with van der Waals surface area (Å²) in [5.41, 5.74) is 1.19. The second kappa shape index (κ2) is 9.53. The van der Waals surface area contributed by atoms with Gasteiger partial charge in [-0.25, -0.2) is 0 Å². The second-order valence-electron chi connectivity index (χ2n) is 7.23. The van der Waals surface area contributed by atoms with Crippen molar-refractivity contribution in [1.29, 1.82) is 0 Å². The lowest BCUT2D eigenvalue weighted by Crippen LogP contribution is -2.39. The number of benzene rings is 3. The predicted molar refractivity (Wildman–Crippen MR) is 118 cm³/mol. The Kier molecular flexibility index (Phi) is 6.84. The molecule has 0 aliphatic rings. The van der Waals surface area contributed by atoms with E-state index in [1.54, 1.807) is 0 Å². The number of hydrogen-bond donors (Lipinski definition) is 1. The van der Waals surface area contributed by atoms with Gasteiger partial charge in [-0.05, 0) is 30.5 Å². The summed E-state index contributed by atoms with van der Waals surface area (Å²) in [6.45, 7) is 5.29. The van der Waals surface area contributed by atoms with Crippen molar-refractivity contribution in [2.75, 3.05) is 13.1 Å². The number of rotatable bonds is 8. The van der Waals surface area contributed by atoms with E-state index in [1.165, 1.54) is 0 Å². The van der Waals surface area contributed by atoms with Crippen LogP contribution in [-0.2, 0) is 10.4 Å². The first-order valence-corrected chi connectivity index (χ1v) is 10.3. The van der Waals surface area contributed by atoms with Crippen LogP contribution in [0.4, 0.5) is 0 Å². The molecule has 0 saturated carbocycles. The molecule has 1 amide bonds. The molecule has 0 bridgehead atoms. The highest BCUT2D eigenvalue weighted by Crippen LogP contribution is 2.44. The quantitative estimate of drug-likeness (QED) is 0.593. The maximum Gasteiger partial charge on any atom is 0.223 e. The summed E-state index contributed by atoms with van der Waals surface area (Å²) in [6, 6.07) is 29.2. The van der Waals surface area contributed by atoms with Crippen molar-refractivity contribution in [2.24, 2.45) is 0 Å².